The molecule has 2 rings (SSSR count). The average molecular weight is 413 g/mol. The highest BCUT2D eigenvalue weighted by Crippen LogP contribution is 2.25. The molecule has 1 heterocycles. The van der Waals surface area contributed by atoms with Crippen LogP contribution in [0.3, 0.4) is 0 Å². The average Bonchev–Trinajstić information content (AvgIpc) is 2.82. The fourth-order valence-electron chi connectivity index (χ4n) is 2.58. The smallest absolute Gasteiger partial charge is 0.387 e. The summed E-state index contributed by atoms with van der Waals surface area (Å²) >= 11 is 0. The van der Waals surface area contributed by atoms with Crippen molar-refractivity contribution in [3.8, 4) is 5.75 Å². The molecule has 11 heteroatoms. The maximum atomic E-state index is 12.4. The lowest BCUT2D eigenvalue weighted by molar-refractivity contribution is -0.147. The third-order valence-corrected chi connectivity index (χ3v) is 3.95. The highest BCUT2D eigenvalue weighted by atomic mass is 19.3. The van der Waals surface area contributed by atoms with Crippen LogP contribution >= 0.6 is 0 Å². The van der Waals surface area contributed by atoms with E-state index in [2.05, 4.69) is 15.4 Å². The van der Waals surface area contributed by atoms with Gasteiger partial charge in [0.05, 0.1) is 5.69 Å². The number of esters is 1. The third kappa shape index (κ3) is 6.13. The van der Waals surface area contributed by atoms with E-state index in [1.807, 2.05) is 0 Å². The molecule has 1 aromatic rings. The minimum atomic E-state index is -3.05. The van der Waals surface area contributed by atoms with E-state index in [0.717, 1.165) is 4.90 Å². The maximum absolute atomic E-state index is 12.4. The molecule has 158 valence electrons. The number of ether oxygens (including phenoxy) is 2. The topological polar surface area (TPSA) is 114 Å². The number of rotatable bonds is 9. The van der Waals surface area contributed by atoms with Crippen LogP contribution in [0.5, 0.6) is 5.75 Å². The van der Waals surface area contributed by atoms with Crippen molar-refractivity contribution in [3.63, 3.8) is 0 Å². The molecule has 0 radical (unpaired) electrons. The molecule has 0 unspecified atom stereocenters. The lowest BCUT2D eigenvalue weighted by Crippen LogP contribution is -2.40. The van der Waals surface area contributed by atoms with Crippen LogP contribution < -0.4 is 15.4 Å². The van der Waals surface area contributed by atoms with E-state index >= 15 is 0 Å². The van der Waals surface area contributed by atoms with Crippen molar-refractivity contribution in [1.82, 2.24) is 10.2 Å². The Bertz CT molecular complexity index is 800. The molecular weight excluding hydrogens is 392 g/mol. The molecule has 0 aromatic heterocycles. The first-order valence-electron chi connectivity index (χ1n) is 8.73. The van der Waals surface area contributed by atoms with Gasteiger partial charge in [-0.3, -0.25) is 19.3 Å². The number of nitrogens with zero attached hydrogens (tertiary/aromatic N) is 1. The first-order valence-corrected chi connectivity index (χ1v) is 8.73. The van der Waals surface area contributed by atoms with Crippen LogP contribution in [-0.4, -0.2) is 54.0 Å². The van der Waals surface area contributed by atoms with Gasteiger partial charge in [-0.2, -0.15) is 8.78 Å². The summed E-state index contributed by atoms with van der Waals surface area (Å²) in [5, 5.41) is 4.83. The number of hydrogen-bond donors (Lipinski definition) is 2. The van der Waals surface area contributed by atoms with E-state index in [0.29, 0.717) is 0 Å². The normalized spacial score (nSPS) is 15.3. The highest BCUT2D eigenvalue weighted by Gasteiger charge is 2.43. The van der Waals surface area contributed by atoms with E-state index in [9.17, 15) is 28.0 Å². The quantitative estimate of drug-likeness (QED) is 0.472. The summed E-state index contributed by atoms with van der Waals surface area (Å²) in [5.74, 6) is -2.05. The van der Waals surface area contributed by atoms with Crippen LogP contribution in [0.25, 0.3) is 0 Å². The van der Waals surface area contributed by atoms with E-state index in [4.69, 9.17) is 4.74 Å². The minimum absolute atomic E-state index is 0.00928. The van der Waals surface area contributed by atoms with Gasteiger partial charge < -0.3 is 20.1 Å². The first kappa shape index (κ1) is 22.1. The van der Waals surface area contributed by atoms with E-state index in [1.54, 1.807) is 13.8 Å². The molecule has 0 atom stereocenters. The molecular formula is C18H21F2N3O6. The highest BCUT2D eigenvalue weighted by molar-refractivity contribution is 6.06. The maximum Gasteiger partial charge on any atom is 0.387 e. The van der Waals surface area contributed by atoms with Gasteiger partial charge in [0, 0.05) is 13.0 Å². The molecule has 1 fully saturated rings. The van der Waals surface area contributed by atoms with Crippen molar-refractivity contribution < 1.29 is 37.4 Å². The number of carbonyl (C=O) groups is 4. The summed E-state index contributed by atoms with van der Waals surface area (Å²) in [6.45, 7) is -0.498. The van der Waals surface area contributed by atoms with Crippen molar-refractivity contribution in [2.24, 2.45) is 0 Å². The zero-order valence-electron chi connectivity index (χ0n) is 15.9. The van der Waals surface area contributed by atoms with Gasteiger partial charge in [-0.25, -0.2) is 4.79 Å². The van der Waals surface area contributed by atoms with Crippen LogP contribution in [0.15, 0.2) is 24.3 Å². The third-order valence-electron chi connectivity index (χ3n) is 3.95. The van der Waals surface area contributed by atoms with Crippen LogP contribution in [0.1, 0.15) is 26.7 Å². The summed E-state index contributed by atoms with van der Waals surface area (Å²) in [4.78, 5) is 48.4. The molecule has 1 aliphatic rings. The molecule has 1 aliphatic heterocycles. The lowest BCUT2D eigenvalue weighted by Gasteiger charge is -2.15. The van der Waals surface area contributed by atoms with Crippen LogP contribution in [0, 0.1) is 0 Å². The molecule has 0 spiro atoms. The fraction of sp³-hybridized carbons (Fsp3) is 0.444. The van der Waals surface area contributed by atoms with Gasteiger partial charge in [0.1, 0.15) is 11.3 Å². The number of hydrogen-bond acceptors (Lipinski definition) is 6. The summed E-state index contributed by atoms with van der Waals surface area (Å²) in [6.07, 6.45) is 0.0522. The number of amides is 4. The minimum Gasteiger partial charge on any atom is -0.456 e. The number of anilines is 1. The van der Waals surface area contributed by atoms with Gasteiger partial charge in [0.2, 0.25) is 0 Å². The number of para-hydroxylation sites is 2. The molecule has 1 saturated heterocycles. The molecule has 0 saturated carbocycles. The Hall–Kier alpha value is -3.24. The van der Waals surface area contributed by atoms with Gasteiger partial charge >= 0.3 is 18.6 Å². The van der Waals surface area contributed by atoms with Gasteiger partial charge in [0.15, 0.2) is 6.61 Å². The van der Waals surface area contributed by atoms with Crippen LogP contribution in [-0.2, 0) is 19.1 Å². The second kappa shape index (κ2) is 9.30. The standard InChI is InChI=1S/C18H21F2N3O6/c1-18(2)15(26)23(17(27)22-18)9-5-8-14(25)28-10-13(24)21-11-6-3-4-7-12(11)29-16(19)20/h3-4,6-7,16H,5,8-10H2,1-2H3,(H,21,24)(H,22,27). The summed E-state index contributed by atoms with van der Waals surface area (Å²) in [5.41, 5.74) is -0.977. The number of halogens is 2. The zero-order valence-corrected chi connectivity index (χ0v) is 15.9. The molecule has 1 aromatic carbocycles. The number of alkyl halides is 2. The van der Waals surface area contributed by atoms with Gasteiger partial charge in [-0.05, 0) is 32.4 Å². The second-order valence-electron chi connectivity index (χ2n) is 6.70. The number of carbonyl (C=O) groups excluding carboxylic acids is 4. The van der Waals surface area contributed by atoms with Crippen molar-refractivity contribution >= 4 is 29.5 Å². The summed E-state index contributed by atoms with van der Waals surface area (Å²) in [6, 6.07) is 5.05. The predicted octanol–water partition coefficient (Wildman–Crippen LogP) is 1.88. The van der Waals surface area contributed by atoms with Crippen molar-refractivity contribution in [1.29, 1.82) is 0 Å². The van der Waals surface area contributed by atoms with Crippen molar-refractivity contribution in [2.45, 2.75) is 38.8 Å². The predicted molar refractivity (Wildman–Crippen MR) is 96.2 cm³/mol. The molecule has 9 nitrogen and oxygen atoms in total. The largest absolute Gasteiger partial charge is 0.456 e. The number of nitrogens with one attached hydrogen (secondary N) is 2. The molecule has 2 N–H and O–H groups in total. The van der Waals surface area contributed by atoms with Gasteiger partial charge in [-0.1, -0.05) is 12.1 Å². The summed E-state index contributed by atoms with van der Waals surface area (Å²) in [7, 11) is 0. The monoisotopic (exact) mass is 413 g/mol. The first-order chi connectivity index (χ1) is 13.6. The summed E-state index contributed by atoms with van der Waals surface area (Å²) < 4.78 is 33.8. The number of urea groups is 1. The Morgan fingerprint density at radius 3 is 2.55 bits per heavy atom. The second-order valence-corrected chi connectivity index (χ2v) is 6.70. The zero-order chi connectivity index (χ0) is 21.6. The van der Waals surface area contributed by atoms with Crippen LogP contribution in [0.2, 0.25) is 0 Å². The Kier molecular flexibility index (Phi) is 7.08. The lowest BCUT2D eigenvalue weighted by atomic mass is 10.1. The molecule has 0 aliphatic carbocycles. The Morgan fingerprint density at radius 2 is 1.93 bits per heavy atom. The van der Waals surface area contributed by atoms with Gasteiger partial charge in [-0.15, -0.1) is 0 Å². The SMILES string of the molecule is CC1(C)NC(=O)N(CCCC(=O)OCC(=O)Nc2ccccc2OC(F)F)C1=O. The molecule has 29 heavy (non-hydrogen) atoms. The van der Waals surface area contributed by atoms with E-state index in [-0.39, 0.29) is 36.7 Å². The fourth-order valence-corrected chi connectivity index (χ4v) is 2.58. The van der Waals surface area contributed by atoms with E-state index in [1.165, 1.54) is 24.3 Å². The Labute approximate surface area is 165 Å². The number of imide groups is 1. The van der Waals surface area contributed by atoms with Gasteiger partial charge in [0.25, 0.3) is 11.8 Å². The van der Waals surface area contributed by atoms with Crippen LogP contribution in [0.4, 0.5) is 19.3 Å². The molecule has 0 bridgehead atoms. The van der Waals surface area contributed by atoms with Crippen molar-refractivity contribution in [3.05, 3.63) is 24.3 Å². The Morgan fingerprint density at radius 1 is 1.24 bits per heavy atom. The Balaban J connectivity index is 1.74. The van der Waals surface area contributed by atoms with Crippen molar-refractivity contribution in [2.75, 3.05) is 18.5 Å². The number of benzene rings is 1. The molecule has 4 amide bonds. The van der Waals surface area contributed by atoms with E-state index < -0.39 is 36.7 Å².